The van der Waals surface area contributed by atoms with E-state index in [0.29, 0.717) is 0 Å². The summed E-state index contributed by atoms with van der Waals surface area (Å²) in [4.78, 5) is 23.0. The van der Waals surface area contributed by atoms with Crippen LogP contribution in [0.3, 0.4) is 0 Å². The predicted octanol–water partition coefficient (Wildman–Crippen LogP) is 5.44. The minimum Gasteiger partial charge on any atom is -0.493 e. The first-order valence-electron chi connectivity index (χ1n) is 8.24. The molecule has 3 rings (SSSR count). The second-order valence-electron chi connectivity index (χ2n) is 5.77. The van der Waals surface area contributed by atoms with Gasteiger partial charge in [0.2, 0.25) is 5.75 Å². The van der Waals surface area contributed by atoms with Gasteiger partial charge in [-0.25, -0.2) is 4.39 Å². The highest BCUT2D eigenvalue weighted by atomic mass is 35.5. The number of hydrogen-bond donors (Lipinski definition) is 1. The number of carbonyl (C=O) groups excluding carboxylic acids is 1. The zero-order valence-corrected chi connectivity index (χ0v) is 15.8. The maximum Gasteiger partial charge on any atom is 0.313 e. The molecule has 0 atom stereocenters. The number of rotatable bonds is 6. The van der Waals surface area contributed by atoms with Crippen LogP contribution in [0.15, 0.2) is 60.7 Å². The van der Waals surface area contributed by atoms with Crippen LogP contribution in [0.2, 0.25) is 5.02 Å². The molecule has 0 bridgehead atoms. The highest BCUT2D eigenvalue weighted by Gasteiger charge is 2.19. The SMILES string of the molecule is COc1cc(C(=O)Nc2ccccc2F)ccc1Oc1ccc(Cl)cc1[N+](=O)[O-]. The van der Waals surface area contributed by atoms with Crippen molar-refractivity contribution in [2.75, 3.05) is 12.4 Å². The van der Waals surface area contributed by atoms with Crippen molar-refractivity contribution in [3.8, 4) is 17.2 Å². The number of halogens is 2. The molecule has 3 aromatic carbocycles. The van der Waals surface area contributed by atoms with E-state index in [9.17, 15) is 19.3 Å². The van der Waals surface area contributed by atoms with E-state index in [1.54, 1.807) is 6.07 Å². The number of nitrogens with one attached hydrogen (secondary N) is 1. The maximum absolute atomic E-state index is 13.7. The van der Waals surface area contributed by atoms with Crippen LogP contribution in [0.5, 0.6) is 17.2 Å². The number of benzene rings is 3. The Morgan fingerprint density at radius 2 is 1.79 bits per heavy atom. The number of nitrogens with zero attached hydrogens (tertiary/aromatic N) is 1. The number of ether oxygens (including phenoxy) is 2. The summed E-state index contributed by atoms with van der Waals surface area (Å²) in [5.41, 5.74) is -0.0995. The average molecular weight is 417 g/mol. The molecule has 0 spiro atoms. The number of anilines is 1. The summed E-state index contributed by atoms with van der Waals surface area (Å²) in [7, 11) is 1.36. The van der Waals surface area contributed by atoms with E-state index in [0.717, 1.165) is 0 Å². The first-order chi connectivity index (χ1) is 13.9. The standard InChI is InChI=1S/C20H14ClFN2O5/c1-28-19-10-12(20(25)23-15-5-3-2-4-14(15)22)6-8-18(19)29-17-9-7-13(21)11-16(17)24(26)27/h2-11H,1H3,(H,23,25). The third-order valence-electron chi connectivity index (χ3n) is 3.89. The van der Waals surface area contributed by atoms with E-state index in [-0.39, 0.29) is 39.2 Å². The topological polar surface area (TPSA) is 90.7 Å². The Balaban J connectivity index is 1.87. The molecule has 9 heteroatoms. The third kappa shape index (κ3) is 4.61. The molecule has 0 heterocycles. The van der Waals surface area contributed by atoms with Gasteiger partial charge in [0, 0.05) is 16.7 Å². The van der Waals surface area contributed by atoms with Crippen molar-refractivity contribution in [1.29, 1.82) is 0 Å². The van der Waals surface area contributed by atoms with Crippen LogP contribution in [0.4, 0.5) is 15.8 Å². The largest absolute Gasteiger partial charge is 0.493 e. The Morgan fingerprint density at radius 3 is 2.48 bits per heavy atom. The summed E-state index contributed by atoms with van der Waals surface area (Å²) >= 11 is 5.80. The van der Waals surface area contributed by atoms with Crippen molar-refractivity contribution >= 4 is 28.9 Å². The summed E-state index contributed by atoms with van der Waals surface area (Å²) in [6.07, 6.45) is 0. The number of methoxy groups -OCH3 is 1. The van der Waals surface area contributed by atoms with Gasteiger partial charge in [0.1, 0.15) is 5.82 Å². The molecule has 0 saturated carbocycles. The zero-order chi connectivity index (χ0) is 21.0. The molecule has 0 fully saturated rings. The van der Waals surface area contributed by atoms with Crippen LogP contribution in [0, 0.1) is 15.9 Å². The number of nitro benzene ring substituents is 1. The first-order valence-corrected chi connectivity index (χ1v) is 8.62. The molecule has 3 aromatic rings. The van der Waals surface area contributed by atoms with Gasteiger partial charge < -0.3 is 14.8 Å². The van der Waals surface area contributed by atoms with Gasteiger partial charge >= 0.3 is 5.69 Å². The zero-order valence-electron chi connectivity index (χ0n) is 15.0. The van der Waals surface area contributed by atoms with Gasteiger partial charge in [-0.2, -0.15) is 0 Å². The van der Waals surface area contributed by atoms with E-state index in [1.807, 2.05) is 0 Å². The molecular formula is C20H14ClFN2O5. The maximum atomic E-state index is 13.7. The molecule has 0 aliphatic carbocycles. The lowest BCUT2D eigenvalue weighted by atomic mass is 10.1. The fourth-order valence-corrected chi connectivity index (χ4v) is 2.65. The molecule has 29 heavy (non-hydrogen) atoms. The van der Waals surface area contributed by atoms with Gasteiger partial charge in [-0.3, -0.25) is 14.9 Å². The lowest BCUT2D eigenvalue weighted by molar-refractivity contribution is -0.385. The van der Waals surface area contributed by atoms with Crippen molar-refractivity contribution in [3.05, 3.63) is 87.2 Å². The monoisotopic (exact) mass is 416 g/mol. The van der Waals surface area contributed by atoms with E-state index >= 15 is 0 Å². The Bertz CT molecular complexity index is 1090. The molecule has 148 valence electrons. The fourth-order valence-electron chi connectivity index (χ4n) is 2.49. The van der Waals surface area contributed by atoms with Crippen molar-refractivity contribution < 1.29 is 23.6 Å². The molecule has 1 N–H and O–H groups in total. The van der Waals surface area contributed by atoms with E-state index in [2.05, 4.69) is 5.32 Å². The van der Waals surface area contributed by atoms with Gasteiger partial charge in [0.05, 0.1) is 17.7 Å². The second-order valence-corrected chi connectivity index (χ2v) is 6.21. The summed E-state index contributed by atoms with van der Waals surface area (Å²) in [6, 6.07) is 14.0. The molecule has 0 aliphatic heterocycles. The third-order valence-corrected chi connectivity index (χ3v) is 4.12. The van der Waals surface area contributed by atoms with Crippen molar-refractivity contribution in [2.24, 2.45) is 0 Å². The van der Waals surface area contributed by atoms with Gasteiger partial charge in [0.15, 0.2) is 11.5 Å². The van der Waals surface area contributed by atoms with Gasteiger partial charge in [-0.05, 0) is 42.5 Å². The minimum atomic E-state index is -0.621. The molecule has 0 saturated heterocycles. The van der Waals surface area contributed by atoms with Crippen molar-refractivity contribution in [1.82, 2.24) is 0 Å². The summed E-state index contributed by atoms with van der Waals surface area (Å²) in [5.74, 6) is -0.850. The van der Waals surface area contributed by atoms with Crippen LogP contribution >= 0.6 is 11.6 Å². The van der Waals surface area contributed by atoms with Crippen LogP contribution in [0.1, 0.15) is 10.4 Å². The summed E-state index contributed by atoms with van der Waals surface area (Å²) < 4.78 is 24.6. The summed E-state index contributed by atoms with van der Waals surface area (Å²) in [6.45, 7) is 0. The highest BCUT2D eigenvalue weighted by Crippen LogP contribution is 2.38. The Hall–Kier alpha value is -3.65. The quantitative estimate of drug-likeness (QED) is 0.426. The number of nitro groups is 1. The fraction of sp³-hybridized carbons (Fsp3) is 0.0500. The van der Waals surface area contributed by atoms with Gasteiger partial charge in [0.25, 0.3) is 5.91 Å². The van der Waals surface area contributed by atoms with Crippen molar-refractivity contribution in [3.63, 3.8) is 0 Å². The second kappa shape index (κ2) is 8.57. The van der Waals surface area contributed by atoms with E-state index in [1.165, 1.54) is 61.7 Å². The lowest BCUT2D eigenvalue weighted by Gasteiger charge is -2.12. The number of amides is 1. The molecule has 1 amide bonds. The Labute approximate surface area is 169 Å². The molecule has 0 unspecified atom stereocenters. The van der Waals surface area contributed by atoms with Gasteiger partial charge in [-0.1, -0.05) is 23.7 Å². The Morgan fingerprint density at radius 1 is 1.07 bits per heavy atom. The molecule has 0 aliphatic rings. The van der Waals surface area contributed by atoms with Crippen LogP contribution < -0.4 is 14.8 Å². The predicted molar refractivity (Wildman–Crippen MR) is 106 cm³/mol. The van der Waals surface area contributed by atoms with Crippen LogP contribution in [-0.4, -0.2) is 17.9 Å². The van der Waals surface area contributed by atoms with Gasteiger partial charge in [-0.15, -0.1) is 0 Å². The molecule has 0 radical (unpaired) electrons. The average Bonchev–Trinajstić information content (AvgIpc) is 2.71. The smallest absolute Gasteiger partial charge is 0.313 e. The van der Waals surface area contributed by atoms with Crippen LogP contribution in [0.25, 0.3) is 0 Å². The van der Waals surface area contributed by atoms with Crippen molar-refractivity contribution in [2.45, 2.75) is 0 Å². The number of carbonyl (C=O) groups is 1. The highest BCUT2D eigenvalue weighted by molar-refractivity contribution is 6.30. The Kier molecular flexibility index (Phi) is 5.94. The summed E-state index contributed by atoms with van der Waals surface area (Å²) in [5, 5.41) is 13.9. The normalized spacial score (nSPS) is 10.3. The van der Waals surface area contributed by atoms with E-state index < -0.39 is 16.6 Å². The molecular weight excluding hydrogens is 403 g/mol. The minimum absolute atomic E-state index is 0.0357. The first kappa shape index (κ1) is 20.1. The molecule has 7 nitrogen and oxygen atoms in total. The van der Waals surface area contributed by atoms with Crippen LogP contribution in [-0.2, 0) is 0 Å². The number of para-hydroxylation sites is 1. The number of hydrogen-bond acceptors (Lipinski definition) is 5. The lowest BCUT2D eigenvalue weighted by Crippen LogP contribution is -2.13. The molecule has 0 aromatic heterocycles. The van der Waals surface area contributed by atoms with E-state index in [4.69, 9.17) is 21.1 Å².